The largest absolute Gasteiger partial charge is 0.379 e. The minimum Gasteiger partial charge on any atom is -0.379 e. The fourth-order valence-corrected chi connectivity index (χ4v) is 2.73. The molecule has 0 spiro atoms. The lowest BCUT2D eigenvalue weighted by molar-refractivity contribution is 0.0493. The van der Waals surface area contributed by atoms with Crippen LogP contribution < -0.4 is 11.2 Å². The second-order valence-corrected chi connectivity index (χ2v) is 5.04. The molecule has 3 heterocycles. The second-order valence-electron chi connectivity index (χ2n) is 4.13. The van der Waals surface area contributed by atoms with Crippen LogP contribution in [-0.2, 0) is 4.74 Å². The van der Waals surface area contributed by atoms with Crippen molar-refractivity contribution in [1.29, 1.82) is 0 Å². The highest BCUT2D eigenvalue weighted by molar-refractivity contribution is 7.17. The lowest BCUT2D eigenvalue weighted by Crippen LogP contribution is -2.40. The van der Waals surface area contributed by atoms with Gasteiger partial charge in [0.05, 0.1) is 35.2 Å². The van der Waals surface area contributed by atoms with E-state index < -0.39 is 5.91 Å². The van der Waals surface area contributed by atoms with Crippen molar-refractivity contribution in [3.63, 3.8) is 0 Å². The normalized spacial score (nSPS) is 16.6. The number of morpholine rings is 1. The number of ether oxygens (including phenoxy) is 1. The molecule has 0 aliphatic carbocycles. The summed E-state index contributed by atoms with van der Waals surface area (Å²) in [4.78, 5) is 19.9. The lowest BCUT2D eigenvalue weighted by atomic mass is 10.3. The van der Waals surface area contributed by atoms with Crippen molar-refractivity contribution in [2.45, 2.75) is 0 Å². The third-order valence-electron chi connectivity index (χ3n) is 2.85. The van der Waals surface area contributed by atoms with E-state index in [1.165, 1.54) is 11.3 Å². The van der Waals surface area contributed by atoms with E-state index in [4.69, 9.17) is 10.5 Å². The predicted octanol–water partition coefficient (Wildman–Crippen LogP) is 0.449. The number of thiophene rings is 1. The number of nitrogens with one attached hydrogen (secondary N) is 1. The molecular weight excluding hydrogens is 266 g/mol. The molecule has 1 fully saturated rings. The van der Waals surface area contributed by atoms with Crippen LogP contribution >= 0.6 is 11.3 Å². The van der Waals surface area contributed by atoms with Gasteiger partial charge in [-0.3, -0.25) is 10.2 Å². The molecular formula is C11H13N5O2S. The predicted molar refractivity (Wildman–Crippen MR) is 71.9 cm³/mol. The van der Waals surface area contributed by atoms with Crippen LogP contribution in [0.2, 0.25) is 0 Å². The summed E-state index contributed by atoms with van der Waals surface area (Å²) in [5.74, 6) is -0.00225. The number of hydrogen-bond donors (Lipinski definition) is 2. The number of hydrogen-bond acceptors (Lipinski definition) is 7. The van der Waals surface area contributed by atoms with Crippen molar-refractivity contribution < 1.29 is 9.53 Å². The summed E-state index contributed by atoms with van der Waals surface area (Å²) in [6, 6.07) is 0. The Kier molecular flexibility index (Phi) is 3.28. The molecule has 0 aromatic carbocycles. The number of carbonyl (C=O) groups is 1. The SMILES string of the molecule is NC(=O)c1csc2cnc(NN3CCOCC3)nc12. The fourth-order valence-electron chi connectivity index (χ4n) is 1.87. The van der Waals surface area contributed by atoms with E-state index in [-0.39, 0.29) is 0 Å². The summed E-state index contributed by atoms with van der Waals surface area (Å²) in [7, 11) is 0. The van der Waals surface area contributed by atoms with E-state index in [0.717, 1.165) is 17.8 Å². The molecule has 0 radical (unpaired) electrons. The maximum atomic E-state index is 11.3. The van der Waals surface area contributed by atoms with Gasteiger partial charge in [0, 0.05) is 18.5 Å². The summed E-state index contributed by atoms with van der Waals surface area (Å²) in [5, 5.41) is 3.70. The highest BCUT2D eigenvalue weighted by atomic mass is 32.1. The molecule has 0 unspecified atom stereocenters. The fraction of sp³-hybridized carbons (Fsp3) is 0.364. The van der Waals surface area contributed by atoms with Crippen LogP contribution in [0.25, 0.3) is 10.2 Å². The maximum Gasteiger partial charge on any atom is 0.251 e. The molecule has 1 saturated heterocycles. The molecule has 0 saturated carbocycles. The summed E-state index contributed by atoms with van der Waals surface area (Å²) < 4.78 is 6.11. The minimum absolute atomic E-state index is 0.437. The zero-order valence-corrected chi connectivity index (χ0v) is 10.9. The van der Waals surface area contributed by atoms with Gasteiger partial charge < -0.3 is 10.5 Å². The summed E-state index contributed by atoms with van der Waals surface area (Å²) in [6.07, 6.45) is 1.70. The van der Waals surface area contributed by atoms with Gasteiger partial charge in [-0.25, -0.2) is 15.0 Å². The van der Waals surface area contributed by atoms with Crippen LogP contribution in [0.15, 0.2) is 11.6 Å². The number of hydrazine groups is 1. The van der Waals surface area contributed by atoms with Gasteiger partial charge in [0.25, 0.3) is 5.91 Å². The van der Waals surface area contributed by atoms with Crippen molar-refractivity contribution in [2.24, 2.45) is 5.73 Å². The molecule has 3 N–H and O–H groups in total. The van der Waals surface area contributed by atoms with E-state index in [1.807, 2.05) is 5.01 Å². The number of rotatable bonds is 3. The van der Waals surface area contributed by atoms with Crippen molar-refractivity contribution in [1.82, 2.24) is 15.0 Å². The van der Waals surface area contributed by atoms with Gasteiger partial charge >= 0.3 is 0 Å². The van der Waals surface area contributed by atoms with Gasteiger partial charge in [-0.05, 0) is 0 Å². The first-order valence-electron chi connectivity index (χ1n) is 5.87. The van der Waals surface area contributed by atoms with Crippen LogP contribution in [0.5, 0.6) is 0 Å². The van der Waals surface area contributed by atoms with Gasteiger partial charge in [-0.2, -0.15) is 0 Å². The Morgan fingerprint density at radius 2 is 2.26 bits per heavy atom. The zero-order chi connectivity index (χ0) is 13.2. The Balaban J connectivity index is 1.87. The summed E-state index contributed by atoms with van der Waals surface area (Å²) >= 11 is 1.41. The Morgan fingerprint density at radius 1 is 1.47 bits per heavy atom. The maximum absolute atomic E-state index is 11.3. The van der Waals surface area contributed by atoms with Crippen LogP contribution in [-0.4, -0.2) is 47.2 Å². The van der Waals surface area contributed by atoms with E-state index in [1.54, 1.807) is 11.6 Å². The van der Waals surface area contributed by atoms with E-state index in [9.17, 15) is 4.79 Å². The molecule has 3 rings (SSSR count). The smallest absolute Gasteiger partial charge is 0.251 e. The number of primary amides is 1. The molecule has 0 bridgehead atoms. The Morgan fingerprint density at radius 3 is 3.00 bits per heavy atom. The first-order valence-corrected chi connectivity index (χ1v) is 6.75. The molecule has 1 aliphatic heterocycles. The lowest BCUT2D eigenvalue weighted by Gasteiger charge is -2.26. The third-order valence-corrected chi connectivity index (χ3v) is 3.75. The molecule has 2 aromatic heterocycles. The quantitative estimate of drug-likeness (QED) is 0.847. The molecule has 8 heteroatoms. The summed E-state index contributed by atoms with van der Waals surface area (Å²) in [5.41, 5.74) is 9.47. The first-order chi connectivity index (χ1) is 9.24. The van der Waals surface area contributed by atoms with Crippen LogP contribution in [0.4, 0.5) is 5.95 Å². The molecule has 0 atom stereocenters. The topological polar surface area (TPSA) is 93.4 Å². The zero-order valence-electron chi connectivity index (χ0n) is 10.1. The molecule has 100 valence electrons. The minimum atomic E-state index is -0.470. The number of nitrogens with two attached hydrogens (primary N) is 1. The monoisotopic (exact) mass is 279 g/mol. The molecule has 1 aliphatic rings. The van der Waals surface area contributed by atoms with Crippen LogP contribution in [0.1, 0.15) is 10.4 Å². The Hall–Kier alpha value is -1.77. The van der Waals surface area contributed by atoms with E-state index in [0.29, 0.717) is 30.2 Å². The van der Waals surface area contributed by atoms with Gasteiger partial charge in [-0.1, -0.05) is 0 Å². The summed E-state index contributed by atoms with van der Waals surface area (Å²) in [6.45, 7) is 2.90. The third kappa shape index (κ3) is 2.50. The first kappa shape index (κ1) is 12.3. The molecule has 2 aromatic rings. The number of anilines is 1. The molecule has 7 nitrogen and oxygen atoms in total. The number of carbonyl (C=O) groups excluding carboxylic acids is 1. The van der Waals surface area contributed by atoms with Crippen molar-refractivity contribution in [3.05, 3.63) is 17.1 Å². The second kappa shape index (κ2) is 5.08. The number of amides is 1. The highest BCUT2D eigenvalue weighted by Gasteiger charge is 2.14. The molecule has 1 amide bonds. The number of nitrogens with zero attached hydrogens (tertiary/aromatic N) is 3. The van der Waals surface area contributed by atoms with Crippen LogP contribution in [0.3, 0.4) is 0 Å². The van der Waals surface area contributed by atoms with Gasteiger partial charge in [0.15, 0.2) is 0 Å². The number of fused-ring (bicyclic) bond motifs is 1. The van der Waals surface area contributed by atoms with Gasteiger partial charge in [-0.15, -0.1) is 11.3 Å². The molecule has 19 heavy (non-hydrogen) atoms. The van der Waals surface area contributed by atoms with Crippen molar-refractivity contribution in [3.8, 4) is 0 Å². The average Bonchev–Trinajstić information content (AvgIpc) is 2.83. The standard InChI is InChI=1S/C11H13N5O2S/c12-10(17)7-6-19-8-5-13-11(14-9(7)8)15-16-1-3-18-4-2-16/h5-6H,1-4H2,(H2,12,17)(H,13,14,15). The van der Waals surface area contributed by atoms with Crippen LogP contribution in [0, 0.1) is 0 Å². The Labute approximate surface area is 113 Å². The van der Waals surface area contributed by atoms with E-state index in [2.05, 4.69) is 15.4 Å². The van der Waals surface area contributed by atoms with Gasteiger partial charge in [0.2, 0.25) is 5.95 Å². The van der Waals surface area contributed by atoms with Gasteiger partial charge in [0.1, 0.15) is 0 Å². The Bertz CT molecular complexity index is 608. The highest BCUT2D eigenvalue weighted by Crippen LogP contribution is 2.24. The average molecular weight is 279 g/mol. The van der Waals surface area contributed by atoms with E-state index >= 15 is 0 Å². The van der Waals surface area contributed by atoms with Crippen molar-refractivity contribution in [2.75, 3.05) is 31.7 Å². The van der Waals surface area contributed by atoms with Crippen molar-refractivity contribution >= 4 is 33.4 Å². The number of aromatic nitrogens is 2.